The van der Waals surface area contributed by atoms with Crippen LogP contribution in [0.4, 0.5) is 4.39 Å². The summed E-state index contributed by atoms with van der Waals surface area (Å²) in [5.41, 5.74) is 2.65. The molecule has 1 N–H and O–H groups in total. The molecule has 0 aliphatic carbocycles. The van der Waals surface area contributed by atoms with Gasteiger partial charge in [-0.2, -0.15) is 5.10 Å². The molecule has 124 valence electrons. The van der Waals surface area contributed by atoms with E-state index in [-0.39, 0.29) is 23.3 Å². The third-order valence-corrected chi connectivity index (χ3v) is 3.85. The molecule has 0 fully saturated rings. The number of carbonyl (C=O) groups excluding carboxylic acids is 1. The summed E-state index contributed by atoms with van der Waals surface area (Å²) in [4.78, 5) is 12.6. The molecule has 0 unspecified atom stereocenters. The van der Waals surface area contributed by atoms with Crippen LogP contribution in [0.25, 0.3) is 0 Å². The molecule has 23 heavy (non-hydrogen) atoms. The van der Waals surface area contributed by atoms with E-state index in [0.717, 1.165) is 11.3 Å². The van der Waals surface area contributed by atoms with E-state index in [2.05, 4.69) is 10.4 Å². The third-order valence-electron chi connectivity index (χ3n) is 3.85. The Balaban J connectivity index is 2.26. The number of nitrogens with zero attached hydrogens (tertiary/aromatic N) is 2. The van der Waals surface area contributed by atoms with Crippen molar-refractivity contribution in [3.8, 4) is 0 Å². The van der Waals surface area contributed by atoms with Crippen molar-refractivity contribution in [2.75, 3.05) is 0 Å². The summed E-state index contributed by atoms with van der Waals surface area (Å²) >= 11 is 0. The summed E-state index contributed by atoms with van der Waals surface area (Å²) in [5.74, 6) is -0.497. The van der Waals surface area contributed by atoms with Crippen LogP contribution in [-0.2, 0) is 5.54 Å². The Hall–Kier alpha value is -2.17. The SMILES string of the molecule is Cc1nn(C(C)(C)C)c(C)c1C(=O)N[C@H](C)c1cccc(F)c1. The Morgan fingerprint density at radius 1 is 1.30 bits per heavy atom. The first-order valence-corrected chi connectivity index (χ1v) is 7.74. The molecular formula is C18H24FN3O. The van der Waals surface area contributed by atoms with Crippen molar-refractivity contribution in [3.05, 3.63) is 52.6 Å². The molecule has 0 spiro atoms. The van der Waals surface area contributed by atoms with Crippen LogP contribution in [0.1, 0.15) is 61.0 Å². The summed E-state index contributed by atoms with van der Waals surface area (Å²) in [7, 11) is 0. The third kappa shape index (κ3) is 3.60. The standard InChI is InChI=1S/C18H24FN3O/c1-11(14-8-7-9-15(19)10-14)20-17(23)16-12(2)21-22(13(16)3)18(4,5)6/h7-11H,1-6H3,(H,20,23)/t11-/m1/s1. The first-order valence-electron chi connectivity index (χ1n) is 7.74. The molecule has 1 aromatic carbocycles. The van der Waals surface area contributed by atoms with Crippen LogP contribution in [0.5, 0.6) is 0 Å². The van der Waals surface area contributed by atoms with E-state index in [1.54, 1.807) is 12.1 Å². The zero-order valence-electron chi connectivity index (χ0n) is 14.6. The van der Waals surface area contributed by atoms with Crippen LogP contribution in [0, 0.1) is 19.7 Å². The van der Waals surface area contributed by atoms with Gasteiger partial charge >= 0.3 is 0 Å². The quantitative estimate of drug-likeness (QED) is 0.933. The normalized spacial score (nSPS) is 13.0. The molecule has 2 aromatic rings. The highest BCUT2D eigenvalue weighted by Gasteiger charge is 2.25. The lowest BCUT2D eigenvalue weighted by Crippen LogP contribution is -2.28. The van der Waals surface area contributed by atoms with E-state index in [9.17, 15) is 9.18 Å². The molecule has 2 rings (SSSR count). The first kappa shape index (κ1) is 17.2. The van der Waals surface area contributed by atoms with Crippen molar-refractivity contribution in [1.29, 1.82) is 0 Å². The molecule has 0 aliphatic rings. The molecule has 0 bridgehead atoms. The van der Waals surface area contributed by atoms with Crippen LogP contribution in [0.3, 0.4) is 0 Å². The van der Waals surface area contributed by atoms with E-state index in [1.165, 1.54) is 12.1 Å². The molecular weight excluding hydrogens is 293 g/mol. The average molecular weight is 317 g/mol. The summed E-state index contributed by atoms with van der Waals surface area (Å²) < 4.78 is 15.2. The van der Waals surface area contributed by atoms with Gasteiger partial charge in [-0.05, 0) is 59.2 Å². The summed E-state index contributed by atoms with van der Waals surface area (Å²) in [6.45, 7) is 11.7. The minimum absolute atomic E-state index is 0.188. The molecule has 4 nitrogen and oxygen atoms in total. The zero-order chi connectivity index (χ0) is 17.4. The average Bonchev–Trinajstić information content (AvgIpc) is 2.73. The lowest BCUT2D eigenvalue weighted by atomic mass is 10.1. The highest BCUT2D eigenvalue weighted by atomic mass is 19.1. The predicted molar refractivity (Wildman–Crippen MR) is 89.0 cm³/mol. The number of halogens is 1. The van der Waals surface area contributed by atoms with Crippen molar-refractivity contribution in [2.45, 2.75) is 53.1 Å². The second kappa shape index (κ2) is 6.14. The second-order valence-electron chi connectivity index (χ2n) is 6.88. The van der Waals surface area contributed by atoms with Crippen LogP contribution in [-0.4, -0.2) is 15.7 Å². The maximum atomic E-state index is 13.3. The van der Waals surface area contributed by atoms with Crippen molar-refractivity contribution in [2.24, 2.45) is 0 Å². The molecule has 1 amide bonds. The molecule has 1 atom stereocenters. The summed E-state index contributed by atoms with van der Waals surface area (Å²) in [6.07, 6.45) is 0. The summed E-state index contributed by atoms with van der Waals surface area (Å²) in [6, 6.07) is 5.98. The van der Waals surface area contributed by atoms with E-state index in [1.807, 2.05) is 46.2 Å². The fourth-order valence-corrected chi connectivity index (χ4v) is 2.75. The number of hydrogen-bond acceptors (Lipinski definition) is 2. The van der Waals surface area contributed by atoms with Crippen molar-refractivity contribution >= 4 is 5.91 Å². The smallest absolute Gasteiger partial charge is 0.255 e. The molecule has 1 heterocycles. The van der Waals surface area contributed by atoms with E-state index < -0.39 is 0 Å². The van der Waals surface area contributed by atoms with Crippen LogP contribution < -0.4 is 5.32 Å². The Bertz CT molecular complexity index is 728. The van der Waals surface area contributed by atoms with Crippen LogP contribution in [0.2, 0.25) is 0 Å². The number of hydrogen-bond donors (Lipinski definition) is 1. The number of benzene rings is 1. The maximum absolute atomic E-state index is 13.3. The fraction of sp³-hybridized carbons (Fsp3) is 0.444. The maximum Gasteiger partial charge on any atom is 0.255 e. The molecule has 0 radical (unpaired) electrons. The van der Waals surface area contributed by atoms with Gasteiger partial charge in [0.25, 0.3) is 5.91 Å². The van der Waals surface area contributed by atoms with Crippen molar-refractivity contribution < 1.29 is 9.18 Å². The Morgan fingerprint density at radius 3 is 2.48 bits per heavy atom. The van der Waals surface area contributed by atoms with Gasteiger partial charge in [0.15, 0.2) is 0 Å². The van der Waals surface area contributed by atoms with Gasteiger partial charge in [-0.3, -0.25) is 9.48 Å². The van der Waals surface area contributed by atoms with E-state index in [4.69, 9.17) is 0 Å². The second-order valence-corrected chi connectivity index (χ2v) is 6.88. The van der Waals surface area contributed by atoms with Crippen molar-refractivity contribution in [1.82, 2.24) is 15.1 Å². The van der Waals surface area contributed by atoms with Gasteiger partial charge in [-0.1, -0.05) is 12.1 Å². The predicted octanol–water partition coefficient (Wildman–Crippen LogP) is 3.89. The minimum Gasteiger partial charge on any atom is -0.345 e. The number of nitrogens with one attached hydrogen (secondary N) is 1. The Morgan fingerprint density at radius 2 is 1.96 bits per heavy atom. The number of rotatable bonds is 3. The highest BCUT2D eigenvalue weighted by molar-refractivity contribution is 5.96. The highest BCUT2D eigenvalue weighted by Crippen LogP contribution is 2.22. The number of aromatic nitrogens is 2. The molecule has 5 heteroatoms. The van der Waals surface area contributed by atoms with Crippen LogP contribution >= 0.6 is 0 Å². The van der Waals surface area contributed by atoms with E-state index in [0.29, 0.717) is 11.3 Å². The van der Waals surface area contributed by atoms with Gasteiger partial charge in [0.05, 0.1) is 22.8 Å². The number of aryl methyl sites for hydroxylation is 1. The zero-order valence-corrected chi connectivity index (χ0v) is 14.6. The molecule has 0 saturated heterocycles. The van der Waals surface area contributed by atoms with Gasteiger partial charge in [0, 0.05) is 5.69 Å². The lowest BCUT2D eigenvalue weighted by molar-refractivity contribution is 0.0938. The number of amides is 1. The Kier molecular flexibility index (Phi) is 4.59. The van der Waals surface area contributed by atoms with Gasteiger partial charge < -0.3 is 5.32 Å². The molecule has 0 saturated carbocycles. The monoisotopic (exact) mass is 317 g/mol. The van der Waals surface area contributed by atoms with Crippen molar-refractivity contribution in [3.63, 3.8) is 0 Å². The minimum atomic E-state index is -0.309. The van der Waals surface area contributed by atoms with Crippen LogP contribution in [0.15, 0.2) is 24.3 Å². The molecule has 1 aromatic heterocycles. The largest absolute Gasteiger partial charge is 0.345 e. The summed E-state index contributed by atoms with van der Waals surface area (Å²) in [5, 5.41) is 7.42. The molecule has 0 aliphatic heterocycles. The lowest BCUT2D eigenvalue weighted by Gasteiger charge is -2.21. The van der Waals surface area contributed by atoms with E-state index >= 15 is 0 Å². The first-order chi connectivity index (χ1) is 10.6. The fourth-order valence-electron chi connectivity index (χ4n) is 2.75. The number of carbonyl (C=O) groups is 1. The van der Waals surface area contributed by atoms with Gasteiger partial charge in [0.1, 0.15) is 5.82 Å². The van der Waals surface area contributed by atoms with Gasteiger partial charge in [0.2, 0.25) is 0 Å². The van der Waals surface area contributed by atoms with Gasteiger partial charge in [-0.25, -0.2) is 4.39 Å². The topological polar surface area (TPSA) is 46.9 Å². The Labute approximate surface area is 136 Å². The van der Waals surface area contributed by atoms with Gasteiger partial charge in [-0.15, -0.1) is 0 Å².